The van der Waals surface area contributed by atoms with Gasteiger partial charge in [-0.25, -0.2) is 4.72 Å². The summed E-state index contributed by atoms with van der Waals surface area (Å²) in [6.07, 6.45) is 1.62. The van der Waals surface area contributed by atoms with Crippen molar-refractivity contribution in [1.29, 1.82) is 0 Å². The second-order valence-electron chi connectivity index (χ2n) is 7.99. The molecule has 0 saturated heterocycles. The fourth-order valence-corrected chi connectivity index (χ4v) is 5.34. The van der Waals surface area contributed by atoms with Crippen LogP contribution in [-0.2, 0) is 17.9 Å². The number of carbonyl (C=O) groups is 1. The van der Waals surface area contributed by atoms with Gasteiger partial charge < -0.3 is 14.3 Å². The predicted molar refractivity (Wildman–Crippen MR) is 140 cm³/mol. The number of H-pyrrole nitrogens is 1. The Hall–Kier alpha value is -3.59. The highest BCUT2D eigenvalue weighted by Gasteiger charge is 2.27. The van der Waals surface area contributed by atoms with Gasteiger partial charge in [0.05, 0.1) is 19.4 Å². The van der Waals surface area contributed by atoms with Crippen LogP contribution in [0.5, 0.6) is 0 Å². The number of thiophene rings is 1. The molecule has 8 heteroatoms. The van der Waals surface area contributed by atoms with Gasteiger partial charge >= 0.3 is 0 Å². The SMILES string of the molecule is O=C([C@H](NSc1ccc2[nH]c(=O)ccc2c1)c1ccccc1)N(Cc1ccco1)Cc1cccs1. The average Bonchev–Trinajstić information content (AvgIpc) is 3.59. The lowest BCUT2D eigenvalue weighted by Crippen LogP contribution is -2.38. The van der Waals surface area contributed by atoms with Gasteiger partial charge in [-0.3, -0.25) is 9.59 Å². The van der Waals surface area contributed by atoms with Crippen LogP contribution < -0.4 is 10.3 Å². The molecule has 0 aliphatic carbocycles. The Morgan fingerprint density at radius 3 is 2.66 bits per heavy atom. The monoisotopic (exact) mass is 501 g/mol. The molecule has 3 heterocycles. The lowest BCUT2D eigenvalue weighted by molar-refractivity contribution is -0.134. The zero-order valence-corrected chi connectivity index (χ0v) is 20.4. The van der Waals surface area contributed by atoms with Crippen molar-refractivity contribution in [1.82, 2.24) is 14.6 Å². The summed E-state index contributed by atoms with van der Waals surface area (Å²) in [5.74, 6) is 0.691. The largest absolute Gasteiger partial charge is 0.467 e. The van der Waals surface area contributed by atoms with Crippen molar-refractivity contribution in [2.24, 2.45) is 0 Å². The summed E-state index contributed by atoms with van der Waals surface area (Å²) < 4.78 is 8.95. The quantitative estimate of drug-likeness (QED) is 0.252. The predicted octanol–water partition coefficient (Wildman–Crippen LogP) is 5.75. The minimum Gasteiger partial charge on any atom is -0.467 e. The minimum atomic E-state index is -0.567. The first-order chi connectivity index (χ1) is 17.2. The number of aromatic nitrogens is 1. The highest BCUT2D eigenvalue weighted by molar-refractivity contribution is 7.97. The van der Waals surface area contributed by atoms with E-state index in [9.17, 15) is 9.59 Å². The third-order valence-electron chi connectivity index (χ3n) is 5.53. The van der Waals surface area contributed by atoms with Crippen LogP contribution in [0, 0.1) is 0 Å². The standard InChI is InChI=1S/C27H23N3O3S2/c31-25-13-10-20-16-22(11-12-24(20)28-25)35-29-26(19-6-2-1-3-7-19)27(32)30(17-21-8-4-14-33-21)18-23-9-5-15-34-23/h1-16,26,29H,17-18H2,(H,28,31)/t26-/m1/s1. The number of nitrogens with one attached hydrogen (secondary N) is 2. The van der Waals surface area contributed by atoms with Crippen molar-refractivity contribution in [3.05, 3.63) is 123 Å². The number of nitrogens with zero attached hydrogens (tertiary/aromatic N) is 1. The van der Waals surface area contributed by atoms with Gasteiger partial charge in [0, 0.05) is 21.4 Å². The Bertz CT molecular complexity index is 1410. The zero-order chi connectivity index (χ0) is 24.0. The van der Waals surface area contributed by atoms with Crippen LogP contribution in [0.4, 0.5) is 0 Å². The van der Waals surface area contributed by atoms with Crippen LogP contribution in [0.1, 0.15) is 22.2 Å². The van der Waals surface area contributed by atoms with Crippen molar-refractivity contribution in [3.63, 3.8) is 0 Å². The molecule has 0 aliphatic rings. The zero-order valence-electron chi connectivity index (χ0n) is 18.7. The summed E-state index contributed by atoms with van der Waals surface area (Å²) in [5.41, 5.74) is 1.53. The number of pyridine rings is 1. The van der Waals surface area contributed by atoms with Gasteiger partial charge in [-0.2, -0.15) is 0 Å². The van der Waals surface area contributed by atoms with E-state index < -0.39 is 6.04 Å². The number of fused-ring (bicyclic) bond motifs is 1. The number of amides is 1. The molecule has 3 aromatic heterocycles. The Morgan fingerprint density at radius 1 is 1.00 bits per heavy atom. The maximum Gasteiger partial charge on any atom is 0.248 e. The van der Waals surface area contributed by atoms with Crippen LogP contribution in [0.25, 0.3) is 10.9 Å². The third-order valence-corrected chi connectivity index (χ3v) is 7.24. The average molecular weight is 502 g/mol. The van der Waals surface area contributed by atoms with Gasteiger partial charge in [0.1, 0.15) is 11.8 Å². The summed E-state index contributed by atoms with van der Waals surface area (Å²) in [6, 6.07) is 26.0. The molecule has 0 radical (unpaired) electrons. The van der Waals surface area contributed by atoms with E-state index in [4.69, 9.17) is 4.42 Å². The molecule has 6 nitrogen and oxygen atoms in total. The molecule has 5 aromatic rings. The molecule has 2 N–H and O–H groups in total. The van der Waals surface area contributed by atoms with Gasteiger partial charge in [0.2, 0.25) is 11.5 Å². The van der Waals surface area contributed by atoms with E-state index in [1.807, 2.05) is 83.1 Å². The van der Waals surface area contributed by atoms with E-state index in [1.54, 1.807) is 23.7 Å². The van der Waals surface area contributed by atoms with Crippen LogP contribution >= 0.6 is 23.3 Å². The molecule has 0 aliphatic heterocycles. The molecule has 2 aromatic carbocycles. The van der Waals surface area contributed by atoms with E-state index in [0.717, 1.165) is 32.0 Å². The van der Waals surface area contributed by atoms with E-state index >= 15 is 0 Å². The van der Waals surface area contributed by atoms with Gasteiger partial charge in [-0.1, -0.05) is 36.4 Å². The van der Waals surface area contributed by atoms with E-state index in [2.05, 4.69) is 9.71 Å². The van der Waals surface area contributed by atoms with Gasteiger partial charge in [0.25, 0.3) is 0 Å². The number of rotatable bonds is 9. The maximum atomic E-state index is 13.9. The summed E-state index contributed by atoms with van der Waals surface area (Å²) in [5, 5.41) is 2.94. The smallest absolute Gasteiger partial charge is 0.248 e. The number of hydrogen-bond donors (Lipinski definition) is 2. The van der Waals surface area contributed by atoms with Crippen molar-refractivity contribution in [2.75, 3.05) is 0 Å². The molecule has 0 saturated carbocycles. The molecule has 0 fully saturated rings. The van der Waals surface area contributed by atoms with Crippen molar-refractivity contribution < 1.29 is 9.21 Å². The highest BCUT2D eigenvalue weighted by atomic mass is 32.2. The Morgan fingerprint density at radius 2 is 1.89 bits per heavy atom. The van der Waals surface area contributed by atoms with Gasteiger partial charge in [-0.15, -0.1) is 11.3 Å². The molecule has 5 rings (SSSR count). The number of benzene rings is 2. The van der Waals surface area contributed by atoms with E-state index in [1.165, 1.54) is 18.0 Å². The van der Waals surface area contributed by atoms with Crippen LogP contribution in [0.2, 0.25) is 0 Å². The van der Waals surface area contributed by atoms with E-state index in [-0.39, 0.29) is 11.5 Å². The first-order valence-electron chi connectivity index (χ1n) is 11.1. The molecular weight excluding hydrogens is 478 g/mol. The van der Waals surface area contributed by atoms with Gasteiger partial charge in [0.15, 0.2) is 0 Å². The lowest BCUT2D eigenvalue weighted by atomic mass is 10.1. The molecule has 0 spiro atoms. The first-order valence-corrected chi connectivity index (χ1v) is 12.8. The molecule has 176 valence electrons. The van der Waals surface area contributed by atoms with Crippen LogP contribution in [0.3, 0.4) is 0 Å². The van der Waals surface area contributed by atoms with Crippen molar-refractivity contribution >= 4 is 40.1 Å². The molecular formula is C27H23N3O3S2. The summed E-state index contributed by atoms with van der Waals surface area (Å²) in [4.78, 5) is 32.2. The van der Waals surface area contributed by atoms with Crippen molar-refractivity contribution in [3.8, 4) is 0 Å². The first kappa shape index (κ1) is 23.2. The minimum absolute atomic E-state index is 0.0429. The van der Waals surface area contributed by atoms with Crippen molar-refractivity contribution in [2.45, 2.75) is 24.0 Å². The second-order valence-corrected chi connectivity index (χ2v) is 9.93. The molecule has 1 amide bonds. The summed E-state index contributed by atoms with van der Waals surface area (Å²) in [7, 11) is 0. The van der Waals surface area contributed by atoms with Crippen LogP contribution in [0.15, 0.2) is 111 Å². The second kappa shape index (κ2) is 10.8. The fraction of sp³-hybridized carbons (Fsp3) is 0.111. The summed E-state index contributed by atoms with van der Waals surface area (Å²) >= 11 is 3.02. The Labute approximate surface area is 210 Å². The summed E-state index contributed by atoms with van der Waals surface area (Å²) in [6.45, 7) is 0.874. The normalized spacial score (nSPS) is 12.0. The number of furan rings is 1. The van der Waals surface area contributed by atoms with E-state index in [0.29, 0.717) is 13.1 Å². The topological polar surface area (TPSA) is 78.3 Å². The van der Waals surface area contributed by atoms with Crippen LogP contribution in [-0.4, -0.2) is 15.8 Å². The maximum absolute atomic E-state index is 13.9. The number of hydrogen-bond acceptors (Lipinski definition) is 6. The third kappa shape index (κ3) is 5.74. The molecule has 0 unspecified atom stereocenters. The lowest BCUT2D eigenvalue weighted by Gasteiger charge is -2.27. The fourth-order valence-electron chi connectivity index (χ4n) is 3.80. The Balaban J connectivity index is 1.41. The Kier molecular flexibility index (Phi) is 7.13. The number of carbonyl (C=O) groups excluding carboxylic acids is 1. The number of aromatic amines is 1. The molecule has 35 heavy (non-hydrogen) atoms. The molecule has 0 bridgehead atoms. The highest BCUT2D eigenvalue weighted by Crippen LogP contribution is 2.27. The van der Waals surface area contributed by atoms with Gasteiger partial charge in [-0.05, 0) is 70.7 Å². The molecule has 1 atom stereocenters.